The number of carbonyl (C=O) groups is 1. The molecule has 1 amide bonds. The molecule has 0 aliphatic rings. The van der Waals surface area contributed by atoms with E-state index in [0.29, 0.717) is 0 Å². The molecular weight excluding hydrogens is 278 g/mol. The van der Waals surface area contributed by atoms with Gasteiger partial charge < -0.3 is 0 Å². The third-order valence-corrected chi connectivity index (χ3v) is 3.38. The zero-order chi connectivity index (χ0) is 14.1. The maximum absolute atomic E-state index is 10.8. The molecule has 18 heavy (non-hydrogen) atoms. The Morgan fingerprint density at radius 1 is 0.889 bits per heavy atom. The molecule has 0 aliphatic heterocycles. The van der Waals surface area contributed by atoms with Gasteiger partial charge >= 0.3 is 0 Å². The first-order chi connectivity index (χ1) is 8.37. The molecule has 1 aromatic rings. The van der Waals surface area contributed by atoms with Crippen molar-refractivity contribution in [2.75, 3.05) is 0 Å². The molecule has 0 bridgehead atoms. The van der Waals surface area contributed by atoms with Crippen LogP contribution >= 0.6 is 0 Å². The van der Waals surface area contributed by atoms with Crippen molar-refractivity contribution >= 4 is 27.7 Å². The zero-order valence-corrected chi connectivity index (χ0v) is 11.3. The quantitative estimate of drug-likeness (QED) is 0.610. The fraction of sp³-hybridized carbons (Fsp3) is 0.100. The third kappa shape index (κ3) is 6.16. The fourth-order valence-corrected chi connectivity index (χ4v) is 1.88. The van der Waals surface area contributed by atoms with Crippen molar-refractivity contribution in [2.45, 2.75) is 6.92 Å². The Kier molecular flexibility index (Phi) is 7.64. The molecule has 0 atom stereocenters. The van der Waals surface area contributed by atoms with Crippen LogP contribution in [0.1, 0.15) is 6.92 Å². The maximum atomic E-state index is 10.8. The summed E-state index contributed by atoms with van der Waals surface area (Å²) in [6.07, 6.45) is 0. The van der Waals surface area contributed by atoms with E-state index in [-0.39, 0.29) is 9.28 Å². The summed E-state index contributed by atoms with van der Waals surface area (Å²) in [5.41, 5.74) is -0.159. The molecule has 0 unspecified atom stereocenters. The van der Waals surface area contributed by atoms with Crippen molar-refractivity contribution in [2.24, 2.45) is 0 Å². The molecule has 0 spiro atoms. The number of amides is 1. The lowest BCUT2D eigenvalue weighted by Crippen LogP contribution is -2.28. The summed E-state index contributed by atoms with van der Waals surface area (Å²) in [5, 5.41) is 0. The van der Waals surface area contributed by atoms with Crippen molar-refractivity contribution in [3.8, 4) is 0 Å². The van der Waals surface area contributed by atoms with Gasteiger partial charge in [-0.1, -0.05) is 43.0 Å². The van der Waals surface area contributed by atoms with Crippen molar-refractivity contribution in [1.82, 2.24) is 3.71 Å². The highest BCUT2D eigenvalue weighted by Crippen LogP contribution is 1.98. The Bertz CT molecular complexity index is 484. The minimum Gasteiger partial charge on any atom is -0.267 e. The molecule has 100 valence electrons. The molecule has 1 rings (SSSR count). The zero-order valence-electron chi connectivity index (χ0n) is 9.55. The van der Waals surface area contributed by atoms with E-state index in [1.54, 1.807) is 0 Å². The molecule has 8 heteroatoms. The Labute approximate surface area is 109 Å². The molecule has 0 fully saturated rings. The predicted molar refractivity (Wildman–Crippen MR) is 68.7 cm³/mol. The number of carbonyl (C=O) groups excluding carboxylic acids is 1. The molecule has 0 aliphatic carbocycles. The van der Waals surface area contributed by atoms with Crippen molar-refractivity contribution in [1.29, 1.82) is 0 Å². The Balaban J connectivity index is 0.000000397. The normalized spacial score (nSPS) is 9.50. The molecule has 0 saturated carbocycles. The summed E-state index contributed by atoms with van der Waals surface area (Å²) in [4.78, 5) is 10.8. The molecular formula is C10H13NO5S2. The monoisotopic (exact) mass is 291 g/mol. The Morgan fingerprint density at radius 2 is 1.17 bits per heavy atom. The number of hydrogen-bond donors (Lipinski definition) is 2. The second kappa shape index (κ2) is 8.43. The first-order valence-electron chi connectivity index (χ1n) is 4.66. The van der Waals surface area contributed by atoms with E-state index >= 15 is 0 Å². The van der Waals surface area contributed by atoms with Crippen LogP contribution in [-0.4, -0.2) is 26.5 Å². The van der Waals surface area contributed by atoms with Gasteiger partial charge in [-0.3, -0.25) is 4.79 Å². The maximum Gasteiger partial charge on any atom is 0.276 e. The Morgan fingerprint density at radius 3 is 1.28 bits per heavy atom. The highest BCUT2D eigenvalue weighted by atomic mass is 32.2. The summed E-state index contributed by atoms with van der Waals surface area (Å²) in [6.45, 7) is 4.33. The van der Waals surface area contributed by atoms with Crippen LogP contribution in [0.25, 0.3) is 0 Å². The van der Waals surface area contributed by atoms with Gasteiger partial charge in [-0.25, -0.2) is 16.8 Å². The van der Waals surface area contributed by atoms with E-state index in [0.717, 1.165) is 0 Å². The molecule has 1 aromatic carbocycles. The first-order valence-corrected chi connectivity index (χ1v) is 6.92. The smallest absolute Gasteiger partial charge is 0.267 e. The van der Waals surface area contributed by atoms with E-state index in [1.807, 2.05) is 36.4 Å². The van der Waals surface area contributed by atoms with Gasteiger partial charge in [0, 0.05) is 5.57 Å². The largest absolute Gasteiger partial charge is 0.276 e. The molecule has 0 radical (unpaired) electrons. The second-order valence-corrected chi connectivity index (χ2v) is 5.07. The highest BCUT2D eigenvalue weighted by Gasteiger charge is 2.18. The number of hydrogen-bond acceptors (Lipinski definition) is 5. The number of rotatable bonds is 3. The van der Waals surface area contributed by atoms with Crippen LogP contribution in [0.4, 0.5) is 0 Å². The standard InChI is InChI=1S/C6H6.C4H7NO5S2/c1-2-4-6-5-3-1;1-3(2)4(6)5(11(7)8)12(9)10/h1-6H;11-12H,1H2,2H3. The lowest BCUT2D eigenvalue weighted by Gasteiger charge is -2.05. The lowest BCUT2D eigenvalue weighted by molar-refractivity contribution is -0.119. The topological polar surface area (TPSA) is 88.6 Å². The third-order valence-electron chi connectivity index (χ3n) is 1.52. The minimum absolute atomic E-state index is 0.159. The van der Waals surface area contributed by atoms with Crippen LogP contribution < -0.4 is 0 Å². The minimum atomic E-state index is -3.45. The van der Waals surface area contributed by atoms with Gasteiger partial charge in [0.25, 0.3) is 5.91 Å². The van der Waals surface area contributed by atoms with E-state index in [2.05, 4.69) is 6.58 Å². The fourth-order valence-electron chi connectivity index (χ4n) is 0.764. The van der Waals surface area contributed by atoms with Gasteiger partial charge in [0.2, 0.25) is 21.8 Å². The Hall–Kier alpha value is -1.67. The summed E-state index contributed by atoms with van der Waals surface area (Å²) in [7, 11) is -6.90. The van der Waals surface area contributed by atoms with Gasteiger partial charge in [0.05, 0.1) is 0 Å². The molecule has 0 N–H and O–H groups in total. The number of benzene rings is 1. The summed E-state index contributed by atoms with van der Waals surface area (Å²) in [6, 6.07) is 12.0. The van der Waals surface area contributed by atoms with Crippen LogP contribution in [0.2, 0.25) is 0 Å². The lowest BCUT2D eigenvalue weighted by atomic mass is 10.3. The van der Waals surface area contributed by atoms with Gasteiger partial charge in [0.15, 0.2) is 0 Å². The van der Waals surface area contributed by atoms with E-state index in [4.69, 9.17) is 0 Å². The average Bonchev–Trinajstić information content (AvgIpc) is 2.31. The van der Waals surface area contributed by atoms with E-state index < -0.39 is 27.7 Å². The van der Waals surface area contributed by atoms with Crippen LogP contribution in [0, 0.1) is 0 Å². The average molecular weight is 291 g/mol. The van der Waals surface area contributed by atoms with Crippen LogP contribution in [-0.2, 0) is 26.6 Å². The van der Waals surface area contributed by atoms with Gasteiger partial charge in [-0.15, -0.1) is 3.71 Å². The molecule has 6 nitrogen and oxygen atoms in total. The van der Waals surface area contributed by atoms with Crippen molar-refractivity contribution in [3.63, 3.8) is 0 Å². The summed E-state index contributed by atoms with van der Waals surface area (Å²) < 4.78 is 40.6. The first kappa shape index (κ1) is 16.3. The van der Waals surface area contributed by atoms with Gasteiger partial charge in [0.1, 0.15) is 0 Å². The summed E-state index contributed by atoms with van der Waals surface area (Å²) in [5.74, 6) is -1.14. The van der Waals surface area contributed by atoms with Crippen LogP contribution in [0.5, 0.6) is 0 Å². The molecule has 0 saturated heterocycles. The molecule has 0 aromatic heterocycles. The highest BCUT2D eigenvalue weighted by molar-refractivity contribution is 7.86. The van der Waals surface area contributed by atoms with E-state index in [9.17, 15) is 21.6 Å². The molecule has 0 heterocycles. The SMILES string of the molecule is C=C(C)C(=O)N([SH](=O)=O)[SH](=O)=O.c1ccccc1. The van der Waals surface area contributed by atoms with Crippen molar-refractivity contribution < 1.29 is 21.6 Å². The van der Waals surface area contributed by atoms with Crippen molar-refractivity contribution in [3.05, 3.63) is 48.6 Å². The second-order valence-electron chi connectivity index (χ2n) is 3.01. The van der Waals surface area contributed by atoms with Crippen LogP contribution in [0.3, 0.4) is 0 Å². The number of nitrogens with zero attached hydrogens (tertiary/aromatic N) is 1. The number of thiol groups is 2. The van der Waals surface area contributed by atoms with Crippen LogP contribution in [0.15, 0.2) is 48.6 Å². The summed E-state index contributed by atoms with van der Waals surface area (Å²) >= 11 is 0. The van der Waals surface area contributed by atoms with Gasteiger partial charge in [-0.2, -0.15) is 0 Å². The predicted octanol–water partition coefficient (Wildman–Crippen LogP) is 0.130. The van der Waals surface area contributed by atoms with Gasteiger partial charge in [-0.05, 0) is 6.92 Å². The van der Waals surface area contributed by atoms with E-state index in [1.165, 1.54) is 6.92 Å².